The minimum atomic E-state index is -0.427. The van der Waals surface area contributed by atoms with Crippen molar-refractivity contribution in [3.63, 3.8) is 0 Å². The van der Waals surface area contributed by atoms with E-state index in [1.54, 1.807) is 13.8 Å². The first-order chi connectivity index (χ1) is 5.56. The topological polar surface area (TPSA) is 43.4 Å². The van der Waals surface area contributed by atoms with Gasteiger partial charge in [-0.15, -0.1) is 0 Å². The molecule has 0 aliphatic heterocycles. The molecule has 0 unspecified atom stereocenters. The zero-order chi connectivity index (χ0) is 9.56. The SMILES string of the molecule is CSCC(=O)CC(=O)OC(C)C. The molecule has 0 aliphatic carbocycles. The number of carbonyl (C=O) groups excluding carboxylic acids is 2. The van der Waals surface area contributed by atoms with Crippen LogP contribution in [-0.2, 0) is 14.3 Å². The van der Waals surface area contributed by atoms with E-state index in [4.69, 9.17) is 4.74 Å². The number of hydrogen-bond acceptors (Lipinski definition) is 4. The van der Waals surface area contributed by atoms with Gasteiger partial charge in [0.1, 0.15) is 6.42 Å². The van der Waals surface area contributed by atoms with Crippen molar-refractivity contribution in [2.24, 2.45) is 0 Å². The highest BCUT2D eigenvalue weighted by Crippen LogP contribution is 1.98. The van der Waals surface area contributed by atoms with Gasteiger partial charge in [-0.2, -0.15) is 11.8 Å². The van der Waals surface area contributed by atoms with Crippen LogP contribution in [0, 0.1) is 0 Å². The van der Waals surface area contributed by atoms with Gasteiger partial charge in [0, 0.05) is 0 Å². The number of carbonyl (C=O) groups is 2. The fourth-order valence-corrected chi connectivity index (χ4v) is 1.10. The molecule has 12 heavy (non-hydrogen) atoms. The summed E-state index contributed by atoms with van der Waals surface area (Å²) < 4.78 is 4.80. The molecule has 0 saturated carbocycles. The molecule has 0 atom stereocenters. The lowest BCUT2D eigenvalue weighted by Crippen LogP contribution is -2.16. The van der Waals surface area contributed by atoms with Gasteiger partial charge >= 0.3 is 5.97 Å². The van der Waals surface area contributed by atoms with Crippen LogP contribution in [0.15, 0.2) is 0 Å². The third-order valence-electron chi connectivity index (χ3n) is 1.01. The van der Waals surface area contributed by atoms with E-state index in [1.807, 2.05) is 6.26 Å². The van der Waals surface area contributed by atoms with Crippen LogP contribution in [0.1, 0.15) is 20.3 Å². The van der Waals surface area contributed by atoms with E-state index < -0.39 is 5.97 Å². The summed E-state index contributed by atoms with van der Waals surface area (Å²) in [5, 5.41) is 0. The standard InChI is InChI=1S/C8H14O3S/c1-6(2)11-8(10)4-7(9)5-12-3/h6H,4-5H2,1-3H3. The molecule has 0 N–H and O–H groups in total. The lowest BCUT2D eigenvalue weighted by Gasteiger charge is -2.06. The van der Waals surface area contributed by atoms with Crippen molar-refractivity contribution in [3.05, 3.63) is 0 Å². The summed E-state index contributed by atoms with van der Waals surface area (Å²) in [4.78, 5) is 21.8. The van der Waals surface area contributed by atoms with E-state index in [0.717, 1.165) is 0 Å². The van der Waals surface area contributed by atoms with Crippen molar-refractivity contribution in [1.29, 1.82) is 0 Å². The number of Topliss-reactive ketones (excluding diaryl/α,β-unsaturated/α-hetero) is 1. The van der Waals surface area contributed by atoms with Crippen LogP contribution >= 0.6 is 11.8 Å². The molecule has 0 rings (SSSR count). The molecule has 70 valence electrons. The average molecular weight is 190 g/mol. The summed E-state index contributed by atoms with van der Waals surface area (Å²) >= 11 is 1.41. The minimum Gasteiger partial charge on any atom is -0.463 e. The molecule has 0 aromatic rings. The molecule has 0 amide bonds. The molecule has 0 saturated heterocycles. The second-order valence-corrected chi connectivity index (χ2v) is 3.55. The van der Waals surface area contributed by atoms with E-state index in [0.29, 0.717) is 5.75 Å². The highest BCUT2D eigenvalue weighted by molar-refractivity contribution is 7.99. The number of esters is 1. The molecule has 0 fully saturated rings. The lowest BCUT2D eigenvalue weighted by atomic mass is 10.3. The molecule has 0 radical (unpaired) electrons. The molecule has 0 aromatic carbocycles. The monoisotopic (exact) mass is 190 g/mol. The van der Waals surface area contributed by atoms with Gasteiger partial charge < -0.3 is 4.74 Å². The fraction of sp³-hybridized carbons (Fsp3) is 0.750. The van der Waals surface area contributed by atoms with Gasteiger partial charge in [0.05, 0.1) is 11.9 Å². The zero-order valence-corrected chi connectivity index (χ0v) is 8.44. The Morgan fingerprint density at radius 3 is 2.42 bits per heavy atom. The number of rotatable bonds is 5. The molecule has 4 heteroatoms. The van der Waals surface area contributed by atoms with Crippen molar-refractivity contribution in [2.75, 3.05) is 12.0 Å². The van der Waals surface area contributed by atoms with E-state index in [-0.39, 0.29) is 18.3 Å². The van der Waals surface area contributed by atoms with Crippen molar-refractivity contribution in [3.8, 4) is 0 Å². The van der Waals surface area contributed by atoms with Crippen LogP contribution in [0.4, 0.5) is 0 Å². The number of ketones is 1. The summed E-state index contributed by atoms with van der Waals surface area (Å²) in [6.07, 6.45) is 1.59. The summed E-state index contributed by atoms with van der Waals surface area (Å²) in [6.45, 7) is 3.52. The van der Waals surface area contributed by atoms with Gasteiger partial charge in [0.2, 0.25) is 0 Å². The van der Waals surface area contributed by atoms with E-state index in [2.05, 4.69) is 0 Å². The average Bonchev–Trinajstić information content (AvgIpc) is 1.84. The highest BCUT2D eigenvalue weighted by Gasteiger charge is 2.10. The van der Waals surface area contributed by atoms with Crippen LogP contribution < -0.4 is 0 Å². The summed E-state index contributed by atoms with van der Waals surface area (Å²) in [5.41, 5.74) is 0. The Bertz CT molecular complexity index is 166. The molecule has 0 aliphatic rings. The summed E-state index contributed by atoms with van der Waals surface area (Å²) in [6, 6.07) is 0. The van der Waals surface area contributed by atoms with Crippen molar-refractivity contribution >= 4 is 23.5 Å². The molecular weight excluding hydrogens is 176 g/mol. The number of hydrogen-bond donors (Lipinski definition) is 0. The van der Waals surface area contributed by atoms with Gasteiger partial charge in [-0.3, -0.25) is 9.59 Å². The third-order valence-corrected chi connectivity index (χ3v) is 1.62. The second-order valence-electron chi connectivity index (χ2n) is 2.69. The second kappa shape index (κ2) is 6.06. The zero-order valence-electron chi connectivity index (χ0n) is 7.62. The molecule has 0 aromatic heterocycles. The lowest BCUT2D eigenvalue weighted by molar-refractivity contribution is -0.149. The normalized spacial score (nSPS) is 10.0. The van der Waals surface area contributed by atoms with Crippen molar-refractivity contribution in [2.45, 2.75) is 26.4 Å². The van der Waals surface area contributed by atoms with Crippen LogP contribution in [0.3, 0.4) is 0 Å². The first kappa shape index (κ1) is 11.5. The van der Waals surface area contributed by atoms with E-state index in [9.17, 15) is 9.59 Å². The Kier molecular flexibility index (Phi) is 5.80. The largest absolute Gasteiger partial charge is 0.463 e. The smallest absolute Gasteiger partial charge is 0.313 e. The predicted octanol–water partition coefficient (Wildman–Crippen LogP) is 1.26. The van der Waals surface area contributed by atoms with Crippen LogP contribution in [0.5, 0.6) is 0 Å². The third kappa shape index (κ3) is 6.22. The molecule has 0 spiro atoms. The van der Waals surface area contributed by atoms with Crippen LogP contribution in [0.25, 0.3) is 0 Å². The maximum absolute atomic E-state index is 10.9. The summed E-state index contributed by atoms with van der Waals surface area (Å²) in [7, 11) is 0. The van der Waals surface area contributed by atoms with Gasteiger partial charge in [-0.25, -0.2) is 0 Å². The fourth-order valence-electron chi connectivity index (χ4n) is 0.678. The highest BCUT2D eigenvalue weighted by atomic mass is 32.2. The molecular formula is C8H14O3S. The van der Waals surface area contributed by atoms with E-state index >= 15 is 0 Å². The van der Waals surface area contributed by atoms with Gasteiger partial charge in [-0.1, -0.05) is 0 Å². The molecule has 0 heterocycles. The molecule has 0 bridgehead atoms. The van der Waals surface area contributed by atoms with E-state index in [1.165, 1.54) is 11.8 Å². The van der Waals surface area contributed by atoms with Crippen molar-refractivity contribution < 1.29 is 14.3 Å². The van der Waals surface area contributed by atoms with Crippen LogP contribution in [-0.4, -0.2) is 29.9 Å². The first-order valence-electron chi connectivity index (χ1n) is 3.76. The quantitative estimate of drug-likeness (QED) is 0.483. The van der Waals surface area contributed by atoms with Gasteiger partial charge in [0.25, 0.3) is 0 Å². The maximum Gasteiger partial charge on any atom is 0.313 e. The number of ether oxygens (including phenoxy) is 1. The van der Waals surface area contributed by atoms with Crippen molar-refractivity contribution in [1.82, 2.24) is 0 Å². The summed E-state index contributed by atoms with van der Waals surface area (Å²) in [5.74, 6) is -0.120. The predicted molar refractivity (Wildman–Crippen MR) is 49.2 cm³/mol. The minimum absolute atomic E-state index is 0.0758. The Morgan fingerprint density at radius 2 is 2.00 bits per heavy atom. The Labute approximate surface area is 76.9 Å². The van der Waals surface area contributed by atoms with Gasteiger partial charge in [-0.05, 0) is 20.1 Å². The first-order valence-corrected chi connectivity index (χ1v) is 5.15. The maximum atomic E-state index is 10.9. The number of thioether (sulfide) groups is 1. The van der Waals surface area contributed by atoms with Gasteiger partial charge in [0.15, 0.2) is 5.78 Å². The Balaban J connectivity index is 3.62. The molecule has 3 nitrogen and oxygen atoms in total. The Hall–Kier alpha value is -0.510. The Morgan fingerprint density at radius 1 is 1.42 bits per heavy atom. The van der Waals surface area contributed by atoms with Crippen LogP contribution in [0.2, 0.25) is 0 Å².